The molecule has 120 valence electrons. The van der Waals surface area contributed by atoms with E-state index in [9.17, 15) is 19.5 Å². The number of nitrogens with zero attached hydrogens (tertiary/aromatic N) is 1. The van der Waals surface area contributed by atoms with Gasteiger partial charge in [0, 0.05) is 14.0 Å². The third-order valence-corrected chi connectivity index (χ3v) is 3.05. The number of carbonyl (C=O) groups excluding carboxylic acids is 2. The molecule has 0 saturated carbocycles. The standard InChI is InChI=1S/C14H18N2O6/c1-8(17)16(2)14(20)15-12(13(18)19)11-9(21-3)6-5-7-10(11)22-4/h5-7,12H,1-4H3,(H,15,20)(H,18,19). The second-order valence-electron chi connectivity index (χ2n) is 4.37. The monoisotopic (exact) mass is 310 g/mol. The summed E-state index contributed by atoms with van der Waals surface area (Å²) in [5.41, 5.74) is 0.158. The number of rotatable bonds is 5. The third kappa shape index (κ3) is 3.66. The number of hydrogen-bond acceptors (Lipinski definition) is 5. The van der Waals surface area contributed by atoms with Gasteiger partial charge >= 0.3 is 12.0 Å². The molecule has 0 aromatic heterocycles. The minimum Gasteiger partial charge on any atom is -0.496 e. The van der Waals surface area contributed by atoms with Crippen LogP contribution in [0.4, 0.5) is 4.79 Å². The number of ether oxygens (including phenoxy) is 2. The molecule has 22 heavy (non-hydrogen) atoms. The Labute approximate surface area is 127 Å². The van der Waals surface area contributed by atoms with E-state index in [0.29, 0.717) is 0 Å². The van der Waals surface area contributed by atoms with Gasteiger partial charge in [0.1, 0.15) is 11.5 Å². The number of carbonyl (C=O) groups is 3. The lowest BCUT2D eigenvalue weighted by molar-refractivity contribution is -0.139. The van der Waals surface area contributed by atoms with Gasteiger partial charge in [-0.3, -0.25) is 9.69 Å². The molecule has 1 atom stereocenters. The predicted molar refractivity (Wildman–Crippen MR) is 76.9 cm³/mol. The minimum absolute atomic E-state index is 0.158. The highest BCUT2D eigenvalue weighted by atomic mass is 16.5. The molecule has 0 heterocycles. The van der Waals surface area contributed by atoms with Gasteiger partial charge in [-0.15, -0.1) is 0 Å². The SMILES string of the molecule is COc1cccc(OC)c1C(NC(=O)N(C)C(C)=O)C(=O)O. The Balaban J connectivity index is 3.25. The van der Waals surface area contributed by atoms with Crippen LogP contribution in [0.3, 0.4) is 0 Å². The molecule has 0 aliphatic heterocycles. The van der Waals surface area contributed by atoms with E-state index in [1.54, 1.807) is 18.2 Å². The van der Waals surface area contributed by atoms with Crippen LogP contribution in [-0.2, 0) is 9.59 Å². The van der Waals surface area contributed by atoms with Crippen LogP contribution in [-0.4, -0.2) is 49.2 Å². The number of carboxylic acids is 1. The van der Waals surface area contributed by atoms with Crippen molar-refractivity contribution >= 4 is 17.9 Å². The lowest BCUT2D eigenvalue weighted by Crippen LogP contribution is -2.44. The molecule has 1 rings (SSSR count). The van der Waals surface area contributed by atoms with Crippen molar-refractivity contribution in [2.75, 3.05) is 21.3 Å². The summed E-state index contributed by atoms with van der Waals surface area (Å²) in [5, 5.41) is 11.7. The van der Waals surface area contributed by atoms with Crippen molar-refractivity contribution < 1.29 is 29.0 Å². The van der Waals surface area contributed by atoms with Crippen molar-refractivity contribution in [3.63, 3.8) is 0 Å². The number of carboxylic acid groups (broad SMARTS) is 1. The Hall–Kier alpha value is -2.77. The Bertz CT molecular complexity index is 564. The van der Waals surface area contributed by atoms with Crippen LogP contribution in [0.5, 0.6) is 11.5 Å². The van der Waals surface area contributed by atoms with Crippen LogP contribution in [0.2, 0.25) is 0 Å². The van der Waals surface area contributed by atoms with Gasteiger partial charge in [0.2, 0.25) is 5.91 Å². The lowest BCUT2D eigenvalue weighted by atomic mass is 10.0. The maximum absolute atomic E-state index is 11.9. The van der Waals surface area contributed by atoms with Gasteiger partial charge in [0.15, 0.2) is 6.04 Å². The average Bonchev–Trinajstić information content (AvgIpc) is 2.50. The van der Waals surface area contributed by atoms with Gasteiger partial charge in [-0.1, -0.05) is 6.07 Å². The number of benzene rings is 1. The summed E-state index contributed by atoms with van der Waals surface area (Å²) in [4.78, 5) is 35.4. The van der Waals surface area contributed by atoms with Crippen molar-refractivity contribution in [3.8, 4) is 11.5 Å². The van der Waals surface area contributed by atoms with Gasteiger partial charge in [-0.25, -0.2) is 9.59 Å². The Morgan fingerprint density at radius 1 is 1.18 bits per heavy atom. The zero-order chi connectivity index (χ0) is 16.9. The van der Waals surface area contributed by atoms with Crippen LogP contribution in [0, 0.1) is 0 Å². The molecule has 0 spiro atoms. The molecule has 0 saturated heterocycles. The second kappa shape index (κ2) is 7.30. The van der Waals surface area contributed by atoms with E-state index in [1.807, 2.05) is 0 Å². The van der Waals surface area contributed by atoms with E-state index < -0.39 is 23.9 Å². The molecule has 0 aliphatic rings. The van der Waals surface area contributed by atoms with E-state index in [1.165, 1.54) is 28.2 Å². The highest BCUT2D eigenvalue weighted by Gasteiger charge is 2.30. The van der Waals surface area contributed by atoms with Crippen molar-refractivity contribution in [1.29, 1.82) is 0 Å². The number of aliphatic carboxylic acids is 1. The van der Waals surface area contributed by atoms with Crippen molar-refractivity contribution in [2.45, 2.75) is 13.0 Å². The second-order valence-corrected chi connectivity index (χ2v) is 4.37. The topological polar surface area (TPSA) is 105 Å². The van der Waals surface area contributed by atoms with Crippen molar-refractivity contribution in [3.05, 3.63) is 23.8 Å². The number of nitrogens with one attached hydrogen (secondary N) is 1. The van der Waals surface area contributed by atoms with Crippen LogP contribution < -0.4 is 14.8 Å². The number of hydrogen-bond donors (Lipinski definition) is 2. The minimum atomic E-state index is -1.43. The van der Waals surface area contributed by atoms with Gasteiger partial charge in [-0.2, -0.15) is 0 Å². The zero-order valence-electron chi connectivity index (χ0n) is 12.7. The number of methoxy groups -OCH3 is 2. The van der Waals surface area contributed by atoms with Crippen molar-refractivity contribution in [2.24, 2.45) is 0 Å². The zero-order valence-corrected chi connectivity index (χ0v) is 12.7. The molecule has 8 heteroatoms. The summed E-state index contributed by atoms with van der Waals surface area (Å²) in [5.74, 6) is -1.34. The fourth-order valence-electron chi connectivity index (χ4n) is 1.79. The summed E-state index contributed by atoms with van der Waals surface area (Å²) >= 11 is 0. The summed E-state index contributed by atoms with van der Waals surface area (Å²) < 4.78 is 10.3. The highest BCUT2D eigenvalue weighted by Crippen LogP contribution is 2.34. The van der Waals surface area contributed by atoms with E-state index in [2.05, 4.69) is 5.32 Å². The molecule has 1 aromatic rings. The third-order valence-electron chi connectivity index (χ3n) is 3.05. The lowest BCUT2D eigenvalue weighted by Gasteiger charge is -2.22. The summed E-state index contributed by atoms with van der Waals surface area (Å²) in [7, 11) is 4.00. The molecule has 0 fully saturated rings. The van der Waals surface area contributed by atoms with E-state index >= 15 is 0 Å². The molecular formula is C14H18N2O6. The van der Waals surface area contributed by atoms with Crippen molar-refractivity contribution in [1.82, 2.24) is 10.2 Å². The molecule has 0 radical (unpaired) electrons. The number of amides is 3. The first-order valence-corrected chi connectivity index (χ1v) is 6.32. The van der Waals surface area contributed by atoms with Gasteiger partial charge in [-0.05, 0) is 12.1 Å². The maximum Gasteiger partial charge on any atom is 0.331 e. The average molecular weight is 310 g/mol. The van der Waals surface area contributed by atoms with Gasteiger partial charge in [0.25, 0.3) is 0 Å². The Kier molecular flexibility index (Phi) is 5.73. The fraction of sp³-hybridized carbons (Fsp3) is 0.357. The molecule has 1 aromatic carbocycles. The molecule has 0 aliphatic carbocycles. The first kappa shape index (κ1) is 17.3. The molecule has 1 unspecified atom stereocenters. The molecule has 3 amide bonds. The number of imide groups is 1. The summed E-state index contributed by atoms with van der Waals surface area (Å²) in [6.07, 6.45) is 0. The first-order valence-electron chi connectivity index (χ1n) is 6.32. The smallest absolute Gasteiger partial charge is 0.331 e. The van der Waals surface area contributed by atoms with E-state index in [-0.39, 0.29) is 17.1 Å². The van der Waals surface area contributed by atoms with Crippen LogP contribution >= 0.6 is 0 Å². The fourth-order valence-corrected chi connectivity index (χ4v) is 1.79. The Morgan fingerprint density at radius 3 is 2.05 bits per heavy atom. The van der Waals surface area contributed by atoms with Crippen LogP contribution in [0.1, 0.15) is 18.5 Å². The Morgan fingerprint density at radius 2 is 1.68 bits per heavy atom. The summed E-state index contributed by atoms with van der Waals surface area (Å²) in [6, 6.07) is 2.46. The quantitative estimate of drug-likeness (QED) is 0.841. The molecule has 2 N–H and O–H groups in total. The first-order chi connectivity index (χ1) is 10.3. The van der Waals surface area contributed by atoms with Crippen LogP contribution in [0.15, 0.2) is 18.2 Å². The van der Waals surface area contributed by atoms with Gasteiger partial charge < -0.3 is 19.9 Å². The number of urea groups is 1. The van der Waals surface area contributed by atoms with Gasteiger partial charge in [0.05, 0.1) is 19.8 Å². The largest absolute Gasteiger partial charge is 0.496 e. The van der Waals surface area contributed by atoms with E-state index in [4.69, 9.17) is 9.47 Å². The molecular weight excluding hydrogens is 292 g/mol. The normalized spacial score (nSPS) is 11.3. The maximum atomic E-state index is 11.9. The van der Waals surface area contributed by atoms with E-state index in [0.717, 1.165) is 4.90 Å². The molecule has 8 nitrogen and oxygen atoms in total. The molecule has 0 bridgehead atoms. The predicted octanol–water partition coefficient (Wildman–Crippen LogP) is 1.02. The van der Waals surface area contributed by atoms with Crippen LogP contribution in [0.25, 0.3) is 0 Å². The highest BCUT2D eigenvalue weighted by molar-refractivity contribution is 5.95. The summed E-state index contributed by atoms with van der Waals surface area (Å²) in [6.45, 7) is 1.19.